The molecule has 3 rings (SSSR count). The van der Waals surface area contributed by atoms with Gasteiger partial charge in [-0.2, -0.15) is 5.10 Å². The maximum absolute atomic E-state index is 12.6. The molecule has 3 heterocycles. The van der Waals surface area contributed by atoms with Crippen molar-refractivity contribution in [2.24, 2.45) is 5.92 Å². The second kappa shape index (κ2) is 7.02. The molecule has 2 saturated heterocycles. The molecule has 0 radical (unpaired) electrons. The van der Waals surface area contributed by atoms with Crippen molar-refractivity contribution >= 4 is 17.8 Å². The van der Waals surface area contributed by atoms with E-state index in [1.54, 1.807) is 4.90 Å². The summed E-state index contributed by atoms with van der Waals surface area (Å²) >= 11 is 0. The predicted molar refractivity (Wildman–Crippen MR) is 86.0 cm³/mol. The second-order valence-corrected chi connectivity index (χ2v) is 6.62. The zero-order valence-corrected chi connectivity index (χ0v) is 13.8. The number of hydrogen-bond acceptors (Lipinski definition) is 4. The quantitative estimate of drug-likeness (QED) is 0.838. The first-order chi connectivity index (χ1) is 11.5. The number of aryl methyl sites for hydroxylation is 1. The summed E-state index contributed by atoms with van der Waals surface area (Å²) in [6.45, 7) is 4.24. The second-order valence-electron chi connectivity index (χ2n) is 6.62. The number of piperidine rings is 1. The topological polar surface area (TPSA) is 96.3 Å². The fourth-order valence-electron chi connectivity index (χ4n) is 3.30. The van der Waals surface area contributed by atoms with Crippen molar-refractivity contribution in [2.75, 3.05) is 13.1 Å². The van der Waals surface area contributed by atoms with Crippen molar-refractivity contribution in [1.29, 1.82) is 0 Å². The molecule has 1 aromatic heterocycles. The van der Waals surface area contributed by atoms with Crippen molar-refractivity contribution in [2.45, 2.75) is 45.2 Å². The van der Waals surface area contributed by atoms with Gasteiger partial charge in [0.25, 0.3) is 0 Å². The Bertz CT molecular complexity index is 633. The fourth-order valence-corrected chi connectivity index (χ4v) is 3.30. The first-order valence-electron chi connectivity index (χ1n) is 8.39. The third-order valence-electron chi connectivity index (χ3n) is 4.65. The third kappa shape index (κ3) is 3.93. The number of nitrogens with one attached hydrogen (secondary N) is 2. The monoisotopic (exact) mass is 333 g/mol. The number of carbonyl (C=O) groups excluding carboxylic acids is 3. The highest BCUT2D eigenvalue weighted by Gasteiger charge is 2.31. The van der Waals surface area contributed by atoms with Gasteiger partial charge in [0.05, 0.1) is 6.20 Å². The molecule has 2 fully saturated rings. The van der Waals surface area contributed by atoms with Gasteiger partial charge in [0.15, 0.2) is 0 Å². The van der Waals surface area contributed by atoms with Gasteiger partial charge in [0.2, 0.25) is 11.8 Å². The van der Waals surface area contributed by atoms with Gasteiger partial charge in [0, 0.05) is 32.3 Å². The third-order valence-corrected chi connectivity index (χ3v) is 4.65. The number of carbonyl (C=O) groups is 3. The predicted octanol–water partition coefficient (Wildman–Crippen LogP) is 0.418. The van der Waals surface area contributed by atoms with Gasteiger partial charge in [-0.25, -0.2) is 4.79 Å². The van der Waals surface area contributed by atoms with Crippen molar-refractivity contribution in [3.63, 3.8) is 0 Å². The molecular weight excluding hydrogens is 310 g/mol. The molecule has 0 bridgehead atoms. The number of aromatic nitrogens is 2. The average molecular weight is 333 g/mol. The normalized spacial score (nSPS) is 22.7. The van der Waals surface area contributed by atoms with Gasteiger partial charge in [-0.3, -0.25) is 19.6 Å². The Morgan fingerprint density at radius 2 is 2.04 bits per heavy atom. The van der Waals surface area contributed by atoms with Crippen LogP contribution in [0.3, 0.4) is 0 Å². The molecule has 8 heteroatoms. The Morgan fingerprint density at radius 3 is 2.71 bits per heavy atom. The zero-order valence-electron chi connectivity index (χ0n) is 13.8. The van der Waals surface area contributed by atoms with E-state index in [4.69, 9.17) is 0 Å². The summed E-state index contributed by atoms with van der Waals surface area (Å²) in [5, 5.41) is 9.09. The van der Waals surface area contributed by atoms with Crippen LogP contribution in [0.5, 0.6) is 0 Å². The molecule has 24 heavy (non-hydrogen) atoms. The number of rotatable bonds is 3. The molecule has 0 aromatic carbocycles. The molecule has 4 amide bonds. The number of imide groups is 1. The highest BCUT2D eigenvalue weighted by atomic mass is 16.2. The Morgan fingerprint density at radius 1 is 1.29 bits per heavy atom. The average Bonchev–Trinajstić information content (AvgIpc) is 2.87. The van der Waals surface area contributed by atoms with Crippen LogP contribution in [-0.2, 0) is 16.1 Å². The van der Waals surface area contributed by atoms with E-state index in [0.29, 0.717) is 25.4 Å². The van der Waals surface area contributed by atoms with Crippen LogP contribution >= 0.6 is 0 Å². The van der Waals surface area contributed by atoms with E-state index in [0.717, 1.165) is 24.9 Å². The lowest BCUT2D eigenvalue weighted by Crippen LogP contribution is -2.51. The minimum absolute atomic E-state index is 0.0896. The Labute approximate surface area is 140 Å². The van der Waals surface area contributed by atoms with Crippen LogP contribution in [0.4, 0.5) is 4.79 Å². The van der Waals surface area contributed by atoms with Gasteiger partial charge < -0.3 is 10.2 Å². The first-order valence-corrected chi connectivity index (χ1v) is 8.39. The van der Waals surface area contributed by atoms with E-state index < -0.39 is 12.1 Å². The van der Waals surface area contributed by atoms with E-state index in [-0.39, 0.29) is 18.2 Å². The molecule has 0 aliphatic carbocycles. The number of amides is 4. The summed E-state index contributed by atoms with van der Waals surface area (Å²) < 4.78 is 1.96. The molecule has 2 aliphatic rings. The zero-order chi connectivity index (χ0) is 17.1. The van der Waals surface area contributed by atoms with Crippen LogP contribution in [0.1, 0.15) is 31.2 Å². The van der Waals surface area contributed by atoms with Crippen molar-refractivity contribution in [3.8, 4) is 0 Å². The highest BCUT2D eigenvalue weighted by molar-refractivity contribution is 5.98. The van der Waals surface area contributed by atoms with Crippen molar-refractivity contribution < 1.29 is 14.4 Å². The molecule has 2 aliphatic heterocycles. The van der Waals surface area contributed by atoms with Crippen molar-refractivity contribution in [1.82, 2.24) is 25.3 Å². The van der Waals surface area contributed by atoms with Crippen molar-refractivity contribution in [3.05, 3.63) is 18.0 Å². The summed E-state index contributed by atoms with van der Waals surface area (Å²) in [6, 6.07) is -1.19. The Balaban J connectivity index is 1.51. The fraction of sp³-hybridized carbons (Fsp3) is 0.625. The maximum Gasteiger partial charge on any atom is 0.322 e. The van der Waals surface area contributed by atoms with Crippen LogP contribution < -0.4 is 10.6 Å². The summed E-state index contributed by atoms with van der Waals surface area (Å²) in [5.74, 6) is 0.0737. The number of hydrogen-bond donors (Lipinski definition) is 2. The lowest BCUT2D eigenvalue weighted by Gasteiger charge is -2.34. The van der Waals surface area contributed by atoms with Crippen LogP contribution in [0.25, 0.3) is 0 Å². The Kier molecular flexibility index (Phi) is 4.82. The Hall–Kier alpha value is -2.38. The molecule has 130 valence electrons. The molecule has 0 unspecified atom stereocenters. The van der Waals surface area contributed by atoms with Gasteiger partial charge in [-0.15, -0.1) is 0 Å². The molecule has 0 spiro atoms. The van der Waals surface area contributed by atoms with E-state index >= 15 is 0 Å². The maximum atomic E-state index is 12.6. The van der Waals surface area contributed by atoms with Gasteiger partial charge in [0.1, 0.15) is 6.04 Å². The smallest absolute Gasteiger partial charge is 0.322 e. The lowest BCUT2D eigenvalue weighted by molar-refractivity contribution is -0.134. The molecule has 0 saturated carbocycles. The standard InChI is InChI=1S/C16H23N5O3/c1-11-8-17-21(9-11)10-12-4-6-20(7-5-12)15(23)13-2-3-14(22)19-16(24)18-13/h8-9,12-13H,2-7,10H2,1H3,(H2,18,19,22,24)/t13-/m1/s1. The van der Waals surface area contributed by atoms with E-state index in [2.05, 4.69) is 15.7 Å². The largest absolute Gasteiger partial charge is 0.341 e. The molecule has 8 nitrogen and oxygen atoms in total. The summed E-state index contributed by atoms with van der Waals surface area (Å²) in [5.41, 5.74) is 1.15. The van der Waals surface area contributed by atoms with E-state index in [1.807, 2.05) is 24.0 Å². The van der Waals surface area contributed by atoms with Crippen LogP contribution in [-0.4, -0.2) is 51.7 Å². The van der Waals surface area contributed by atoms with Crippen LogP contribution in [0.2, 0.25) is 0 Å². The van der Waals surface area contributed by atoms with Gasteiger partial charge in [-0.05, 0) is 37.7 Å². The number of urea groups is 1. The van der Waals surface area contributed by atoms with Crippen LogP contribution in [0, 0.1) is 12.8 Å². The van der Waals surface area contributed by atoms with E-state index in [1.165, 1.54) is 0 Å². The molecule has 2 N–H and O–H groups in total. The SMILES string of the molecule is Cc1cnn(CC2CCN(C(=O)[C@H]3CCC(=O)NC(=O)N3)CC2)c1. The molecule has 1 aromatic rings. The number of nitrogens with zero attached hydrogens (tertiary/aromatic N) is 3. The number of likely N-dealkylation sites (tertiary alicyclic amines) is 1. The minimum atomic E-state index is -0.609. The summed E-state index contributed by atoms with van der Waals surface area (Å²) in [4.78, 5) is 37.3. The summed E-state index contributed by atoms with van der Waals surface area (Å²) in [6.07, 6.45) is 6.25. The van der Waals surface area contributed by atoms with Gasteiger partial charge in [-0.1, -0.05) is 0 Å². The van der Waals surface area contributed by atoms with Gasteiger partial charge >= 0.3 is 6.03 Å². The first kappa shape index (κ1) is 16.5. The molecule has 1 atom stereocenters. The lowest BCUT2D eigenvalue weighted by atomic mass is 9.96. The van der Waals surface area contributed by atoms with Crippen LogP contribution in [0.15, 0.2) is 12.4 Å². The summed E-state index contributed by atoms with van der Waals surface area (Å²) in [7, 11) is 0. The minimum Gasteiger partial charge on any atom is -0.341 e. The molecular formula is C16H23N5O3. The highest BCUT2D eigenvalue weighted by Crippen LogP contribution is 2.20. The van der Waals surface area contributed by atoms with E-state index in [9.17, 15) is 14.4 Å².